The predicted molar refractivity (Wildman–Crippen MR) is 157 cm³/mol. The summed E-state index contributed by atoms with van der Waals surface area (Å²) in [7, 11) is 0. The largest absolute Gasteiger partial charge is 0.417 e. The molecule has 0 spiro atoms. The van der Waals surface area contributed by atoms with Crippen molar-refractivity contribution in [3.63, 3.8) is 0 Å². The van der Waals surface area contributed by atoms with E-state index in [0.29, 0.717) is 35.0 Å². The molecule has 2 aromatic carbocycles. The maximum atomic E-state index is 13.3. The Balaban J connectivity index is 1.28. The molecule has 1 saturated heterocycles. The Kier molecular flexibility index (Phi) is 9.32. The fourth-order valence-corrected chi connectivity index (χ4v) is 6.87. The van der Waals surface area contributed by atoms with Gasteiger partial charge in [-0.2, -0.15) is 18.3 Å². The number of hydrogen-bond acceptors (Lipinski definition) is 6. The Morgan fingerprint density at radius 3 is 2.64 bits per heavy atom. The maximum absolute atomic E-state index is 13.3. The first-order chi connectivity index (χ1) is 20.1. The molecule has 222 valence electrons. The second-order valence-corrected chi connectivity index (χ2v) is 12.1. The first-order valence-electron chi connectivity index (χ1n) is 13.7. The fourth-order valence-electron chi connectivity index (χ4n) is 5.37. The third-order valence-electron chi connectivity index (χ3n) is 7.61. The van der Waals surface area contributed by atoms with E-state index < -0.39 is 22.7 Å². The van der Waals surface area contributed by atoms with Crippen molar-refractivity contribution in [2.45, 2.75) is 44.8 Å². The number of piperidine rings is 1. The fraction of sp³-hybridized carbons (Fsp3) is 0.367. The molecule has 0 atom stereocenters. The van der Waals surface area contributed by atoms with Gasteiger partial charge in [0.1, 0.15) is 5.00 Å². The number of rotatable bonds is 8. The summed E-state index contributed by atoms with van der Waals surface area (Å²) in [6.45, 7) is 2.71. The highest BCUT2D eigenvalue weighted by molar-refractivity contribution is 7.17. The maximum Gasteiger partial charge on any atom is 0.417 e. The molecule has 1 aliphatic carbocycles. The van der Waals surface area contributed by atoms with E-state index in [1.165, 1.54) is 17.4 Å². The first kappa shape index (κ1) is 30.2. The average molecular weight is 619 g/mol. The summed E-state index contributed by atoms with van der Waals surface area (Å²) in [6.07, 6.45) is 0.765. The van der Waals surface area contributed by atoms with Gasteiger partial charge < -0.3 is 10.4 Å². The number of aliphatic hydroxyl groups is 1. The van der Waals surface area contributed by atoms with E-state index in [9.17, 15) is 27.9 Å². The van der Waals surface area contributed by atoms with E-state index >= 15 is 0 Å². The topological polar surface area (TPSA) is 94.0 Å². The molecule has 1 aromatic heterocycles. The average Bonchev–Trinajstić information content (AvgIpc) is 3.55. The molecule has 0 saturated carbocycles. The van der Waals surface area contributed by atoms with Crippen LogP contribution in [-0.4, -0.2) is 47.7 Å². The van der Waals surface area contributed by atoms with Gasteiger partial charge in [0.05, 0.1) is 22.4 Å². The molecular weight excluding hydrogens is 589 g/mol. The Labute approximate surface area is 250 Å². The van der Waals surface area contributed by atoms with E-state index in [0.717, 1.165) is 73.1 Å². The van der Waals surface area contributed by atoms with Gasteiger partial charge in [0.25, 0.3) is 11.8 Å². The van der Waals surface area contributed by atoms with Gasteiger partial charge in [-0.05, 0) is 92.1 Å². The van der Waals surface area contributed by atoms with Crippen LogP contribution < -0.4 is 10.7 Å². The van der Waals surface area contributed by atoms with Crippen LogP contribution in [0.5, 0.6) is 0 Å². The summed E-state index contributed by atoms with van der Waals surface area (Å²) in [6, 6.07) is 10.7. The highest BCUT2D eigenvalue weighted by atomic mass is 35.5. The van der Waals surface area contributed by atoms with Gasteiger partial charge in [0.2, 0.25) is 0 Å². The molecule has 1 aliphatic heterocycles. The highest BCUT2D eigenvalue weighted by Crippen LogP contribution is 2.39. The molecule has 0 bridgehead atoms. The van der Waals surface area contributed by atoms with Gasteiger partial charge in [0.15, 0.2) is 0 Å². The minimum Gasteiger partial charge on any atom is -0.396 e. The number of likely N-dealkylation sites (tertiary alicyclic amines) is 1. The number of nitrogens with one attached hydrogen (secondary N) is 2. The minimum absolute atomic E-state index is 0.119. The molecule has 5 rings (SSSR count). The lowest BCUT2D eigenvalue weighted by atomic mass is 9.97. The van der Waals surface area contributed by atoms with Crippen LogP contribution in [0.4, 0.5) is 18.2 Å². The first-order valence-corrected chi connectivity index (χ1v) is 14.9. The molecule has 42 heavy (non-hydrogen) atoms. The summed E-state index contributed by atoms with van der Waals surface area (Å²) >= 11 is 7.03. The minimum atomic E-state index is -4.62. The summed E-state index contributed by atoms with van der Waals surface area (Å²) in [5, 5.41) is 16.1. The molecule has 12 heteroatoms. The molecule has 1 fully saturated rings. The molecule has 0 unspecified atom stereocenters. The van der Waals surface area contributed by atoms with Crippen LogP contribution in [0.3, 0.4) is 0 Å². The number of carbonyl (C=O) groups is 2. The predicted octanol–water partition coefficient (Wildman–Crippen LogP) is 6.13. The zero-order valence-electron chi connectivity index (χ0n) is 22.6. The number of hydrogen-bond donors (Lipinski definition) is 3. The van der Waals surface area contributed by atoms with Crippen molar-refractivity contribution in [2.24, 2.45) is 11.0 Å². The van der Waals surface area contributed by atoms with Crippen LogP contribution in [0.1, 0.15) is 67.1 Å². The van der Waals surface area contributed by atoms with E-state index in [4.69, 9.17) is 11.6 Å². The number of benzene rings is 2. The van der Waals surface area contributed by atoms with Gasteiger partial charge >= 0.3 is 6.18 Å². The van der Waals surface area contributed by atoms with Gasteiger partial charge in [-0.15, -0.1) is 11.3 Å². The molecule has 3 N–H and O–H groups in total. The molecule has 7 nitrogen and oxygen atoms in total. The number of hydrazone groups is 1. The number of amides is 2. The van der Waals surface area contributed by atoms with Crippen molar-refractivity contribution >= 4 is 46.0 Å². The van der Waals surface area contributed by atoms with Crippen LogP contribution in [0.2, 0.25) is 5.02 Å². The number of aliphatic hydroxyl groups excluding tert-OH is 1. The van der Waals surface area contributed by atoms with E-state index in [2.05, 4.69) is 20.7 Å². The Morgan fingerprint density at radius 1 is 1.12 bits per heavy atom. The monoisotopic (exact) mass is 618 g/mol. The third kappa shape index (κ3) is 7.03. The van der Waals surface area contributed by atoms with Crippen molar-refractivity contribution in [2.75, 3.05) is 25.0 Å². The molecular formula is C30H30ClF3N4O3S. The van der Waals surface area contributed by atoms with Crippen molar-refractivity contribution in [3.8, 4) is 0 Å². The number of nitrogens with zero attached hydrogens (tertiary/aromatic N) is 2. The van der Waals surface area contributed by atoms with Crippen molar-refractivity contribution < 1.29 is 27.9 Å². The van der Waals surface area contributed by atoms with E-state index in [1.807, 2.05) is 18.2 Å². The number of anilines is 1. The normalized spacial score (nSPS) is 16.1. The molecule has 0 radical (unpaired) electrons. The number of aryl methyl sites for hydroxylation is 1. The van der Waals surface area contributed by atoms with Crippen LogP contribution in [0, 0.1) is 5.92 Å². The zero-order chi connectivity index (χ0) is 29.9. The Bertz CT molecular complexity index is 1500. The quantitative estimate of drug-likeness (QED) is 0.209. The lowest BCUT2D eigenvalue weighted by molar-refractivity contribution is -0.137. The van der Waals surface area contributed by atoms with E-state index in [-0.39, 0.29) is 18.1 Å². The summed E-state index contributed by atoms with van der Waals surface area (Å²) in [4.78, 5) is 29.8. The molecule has 2 heterocycles. The second-order valence-electron chi connectivity index (χ2n) is 10.6. The van der Waals surface area contributed by atoms with Gasteiger partial charge in [-0.25, -0.2) is 5.43 Å². The highest BCUT2D eigenvalue weighted by Gasteiger charge is 2.33. The second kappa shape index (κ2) is 12.9. The molecule has 3 aromatic rings. The lowest BCUT2D eigenvalue weighted by Crippen LogP contribution is -2.34. The zero-order valence-corrected chi connectivity index (χ0v) is 24.2. The summed E-state index contributed by atoms with van der Waals surface area (Å²) < 4.78 is 39.5. The molecule has 2 amide bonds. The molecule has 2 aliphatic rings. The standard InChI is InChI=1S/C30H30ClF3N4O3S/c31-24-8-7-19(14-23(24)30(32,33)34)15-35-37-28(41)26-22-5-2-6-25(22)42-29(26)36-27(40)21-4-1-3-20(13-21)16-38-11-9-18(17-39)10-12-38/h1,3-4,7-8,13-15,18,39H,2,5-6,9-12,16-17H2,(H,36,40)(H,37,41)/b35-15-. The number of fused-ring (bicyclic) bond motifs is 1. The van der Waals surface area contributed by atoms with Crippen molar-refractivity contribution in [1.29, 1.82) is 0 Å². The van der Waals surface area contributed by atoms with Crippen LogP contribution in [-0.2, 0) is 25.6 Å². The summed E-state index contributed by atoms with van der Waals surface area (Å²) in [5.41, 5.74) is 4.19. The third-order valence-corrected chi connectivity index (χ3v) is 9.15. The lowest BCUT2D eigenvalue weighted by Gasteiger charge is -2.31. The van der Waals surface area contributed by atoms with Crippen LogP contribution >= 0.6 is 22.9 Å². The van der Waals surface area contributed by atoms with E-state index in [1.54, 1.807) is 6.07 Å². The van der Waals surface area contributed by atoms with Crippen molar-refractivity contribution in [3.05, 3.63) is 85.7 Å². The van der Waals surface area contributed by atoms with Crippen LogP contribution in [0.25, 0.3) is 0 Å². The smallest absolute Gasteiger partial charge is 0.396 e. The number of alkyl halides is 3. The van der Waals surface area contributed by atoms with Crippen molar-refractivity contribution in [1.82, 2.24) is 10.3 Å². The number of halogens is 4. The number of carbonyl (C=O) groups excluding carboxylic acids is 2. The van der Waals surface area contributed by atoms with Crippen LogP contribution in [0.15, 0.2) is 47.6 Å². The van der Waals surface area contributed by atoms with Gasteiger partial charge in [-0.1, -0.05) is 29.8 Å². The SMILES string of the molecule is O=C(Nc1sc2c(c1C(=O)N/N=C\c1ccc(Cl)c(C(F)(F)F)c1)CCC2)c1cccc(CN2CCC(CO)CC2)c1. The summed E-state index contributed by atoms with van der Waals surface area (Å²) in [5.74, 6) is -0.539. The van der Waals surface area contributed by atoms with Gasteiger partial charge in [0, 0.05) is 23.6 Å². The number of thiophene rings is 1. The Morgan fingerprint density at radius 2 is 1.90 bits per heavy atom. The Hall–Kier alpha value is -3.25. The van der Waals surface area contributed by atoms with Gasteiger partial charge in [-0.3, -0.25) is 14.5 Å².